The van der Waals surface area contributed by atoms with E-state index in [-0.39, 0.29) is 0 Å². The number of fused-ring (bicyclic) bond motifs is 1. The molecule has 0 aliphatic rings. The van der Waals surface area contributed by atoms with Crippen LogP contribution < -0.4 is 5.73 Å². The Hall–Kier alpha value is -1.40. The van der Waals surface area contributed by atoms with Crippen molar-refractivity contribution in [3.05, 3.63) is 34.2 Å². The van der Waals surface area contributed by atoms with Crippen molar-refractivity contribution in [3.8, 4) is 11.3 Å². The molecular weight excluding hydrogens is 288 g/mol. The zero-order valence-corrected chi connectivity index (χ0v) is 10.5. The van der Waals surface area contributed by atoms with Crippen LogP contribution in [0.25, 0.3) is 16.2 Å². The first-order chi connectivity index (χ1) is 7.77. The first kappa shape index (κ1) is 9.80. The topological polar surface area (TPSA) is 56.2 Å². The summed E-state index contributed by atoms with van der Waals surface area (Å²) in [5.74, 6) is 0.572. The molecule has 0 amide bonds. The Balaban J connectivity index is 2.30. The van der Waals surface area contributed by atoms with Crippen molar-refractivity contribution in [2.75, 3.05) is 5.73 Å². The van der Waals surface area contributed by atoms with Gasteiger partial charge in [0.1, 0.15) is 11.2 Å². The van der Waals surface area contributed by atoms with Crippen LogP contribution in [0.2, 0.25) is 0 Å². The monoisotopic (exact) mass is 294 g/mol. The number of hydrogen-bond donors (Lipinski definition) is 1. The number of anilines is 1. The minimum atomic E-state index is 0.572. The van der Waals surface area contributed by atoms with E-state index < -0.39 is 0 Å². The third kappa shape index (κ3) is 1.34. The van der Waals surface area contributed by atoms with E-state index in [1.54, 1.807) is 10.0 Å². The molecular formula is C10H7BrN4S. The molecule has 2 heterocycles. The summed E-state index contributed by atoms with van der Waals surface area (Å²) in [7, 11) is 0. The number of nitrogen functional groups attached to an aromatic ring is 1. The summed E-state index contributed by atoms with van der Waals surface area (Å²) >= 11 is 4.96. The lowest BCUT2D eigenvalue weighted by molar-refractivity contribution is 0.985. The van der Waals surface area contributed by atoms with Crippen LogP contribution in [-0.4, -0.2) is 14.6 Å². The Morgan fingerprint density at radius 1 is 1.31 bits per heavy atom. The molecule has 0 bridgehead atoms. The molecule has 2 N–H and O–H groups in total. The molecule has 6 heteroatoms. The third-order valence-electron chi connectivity index (χ3n) is 2.31. The maximum atomic E-state index is 6.01. The molecule has 0 saturated heterocycles. The Kier molecular flexibility index (Phi) is 2.19. The number of nitrogens with two attached hydrogens (primary N) is 1. The Labute approximate surface area is 104 Å². The van der Waals surface area contributed by atoms with Gasteiger partial charge in [0.2, 0.25) is 4.96 Å². The lowest BCUT2D eigenvalue weighted by Crippen LogP contribution is -1.94. The molecule has 3 rings (SSSR count). The normalized spacial score (nSPS) is 11.1. The Bertz CT molecular complexity index is 658. The van der Waals surface area contributed by atoms with Crippen LogP contribution in [0.4, 0.5) is 5.82 Å². The fourth-order valence-corrected chi connectivity index (χ4v) is 2.66. The molecule has 16 heavy (non-hydrogen) atoms. The molecule has 80 valence electrons. The van der Waals surface area contributed by atoms with Gasteiger partial charge in [0, 0.05) is 10.0 Å². The van der Waals surface area contributed by atoms with Crippen LogP contribution in [0, 0.1) is 0 Å². The second-order valence-electron chi connectivity index (χ2n) is 3.26. The standard InChI is InChI=1S/C10H7BrN4S/c11-7-4-2-1-3-6(7)8-9(12)15-10(14-8)16-5-13-15/h1-5H,12H2. The highest BCUT2D eigenvalue weighted by Crippen LogP contribution is 2.32. The van der Waals surface area contributed by atoms with E-state index in [4.69, 9.17) is 5.73 Å². The molecule has 3 aromatic rings. The van der Waals surface area contributed by atoms with Gasteiger partial charge >= 0.3 is 0 Å². The summed E-state index contributed by atoms with van der Waals surface area (Å²) < 4.78 is 2.63. The molecule has 0 unspecified atom stereocenters. The molecule has 2 aromatic heterocycles. The highest BCUT2D eigenvalue weighted by atomic mass is 79.9. The van der Waals surface area contributed by atoms with E-state index in [1.165, 1.54) is 11.3 Å². The number of rotatable bonds is 1. The van der Waals surface area contributed by atoms with Crippen LogP contribution in [0.5, 0.6) is 0 Å². The zero-order valence-electron chi connectivity index (χ0n) is 8.09. The highest BCUT2D eigenvalue weighted by molar-refractivity contribution is 9.10. The largest absolute Gasteiger partial charge is 0.382 e. The number of benzene rings is 1. The van der Waals surface area contributed by atoms with Crippen molar-refractivity contribution in [1.29, 1.82) is 0 Å². The molecule has 4 nitrogen and oxygen atoms in total. The van der Waals surface area contributed by atoms with Crippen LogP contribution in [0.3, 0.4) is 0 Å². The molecule has 0 aliphatic carbocycles. The van der Waals surface area contributed by atoms with Gasteiger partial charge in [-0.2, -0.15) is 9.61 Å². The first-order valence-electron chi connectivity index (χ1n) is 4.60. The van der Waals surface area contributed by atoms with Gasteiger partial charge in [0.05, 0.1) is 0 Å². The van der Waals surface area contributed by atoms with Gasteiger partial charge in [-0.3, -0.25) is 0 Å². The van der Waals surface area contributed by atoms with E-state index in [1.807, 2.05) is 24.3 Å². The maximum absolute atomic E-state index is 6.01. The maximum Gasteiger partial charge on any atom is 0.214 e. The van der Waals surface area contributed by atoms with Gasteiger partial charge in [0.15, 0.2) is 5.82 Å². The summed E-state index contributed by atoms with van der Waals surface area (Å²) in [5.41, 5.74) is 9.49. The minimum absolute atomic E-state index is 0.572. The number of hydrogen-bond acceptors (Lipinski definition) is 4. The van der Waals surface area contributed by atoms with Gasteiger partial charge in [-0.25, -0.2) is 4.98 Å². The average Bonchev–Trinajstić information content (AvgIpc) is 2.83. The van der Waals surface area contributed by atoms with Crippen LogP contribution in [0.15, 0.2) is 34.2 Å². The second-order valence-corrected chi connectivity index (χ2v) is 4.92. The minimum Gasteiger partial charge on any atom is -0.382 e. The van der Waals surface area contributed by atoms with Crippen molar-refractivity contribution in [2.24, 2.45) is 0 Å². The van der Waals surface area contributed by atoms with E-state index in [0.717, 1.165) is 20.7 Å². The second kappa shape index (κ2) is 3.57. The lowest BCUT2D eigenvalue weighted by atomic mass is 10.1. The molecule has 0 spiro atoms. The van der Waals surface area contributed by atoms with E-state index >= 15 is 0 Å². The summed E-state index contributed by atoms with van der Waals surface area (Å²) in [4.78, 5) is 5.28. The van der Waals surface area contributed by atoms with Gasteiger partial charge in [-0.05, 0) is 6.07 Å². The molecule has 1 aromatic carbocycles. The Morgan fingerprint density at radius 2 is 2.12 bits per heavy atom. The highest BCUT2D eigenvalue weighted by Gasteiger charge is 2.14. The van der Waals surface area contributed by atoms with Crippen molar-refractivity contribution in [3.63, 3.8) is 0 Å². The fourth-order valence-electron chi connectivity index (χ4n) is 1.56. The first-order valence-corrected chi connectivity index (χ1v) is 6.27. The van der Waals surface area contributed by atoms with E-state index in [2.05, 4.69) is 26.0 Å². The molecule has 0 saturated carbocycles. The number of halogens is 1. The van der Waals surface area contributed by atoms with Gasteiger partial charge in [-0.1, -0.05) is 45.5 Å². The predicted octanol–water partition coefficient (Wildman–Crippen LogP) is 2.80. The number of aromatic nitrogens is 3. The number of imidazole rings is 1. The fraction of sp³-hybridized carbons (Fsp3) is 0. The van der Waals surface area contributed by atoms with Crippen molar-refractivity contribution < 1.29 is 0 Å². The third-order valence-corrected chi connectivity index (χ3v) is 3.68. The zero-order chi connectivity index (χ0) is 11.1. The van der Waals surface area contributed by atoms with Crippen molar-refractivity contribution >= 4 is 38.0 Å². The van der Waals surface area contributed by atoms with Crippen LogP contribution in [0.1, 0.15) is 0 Å². The van der Waals surface area contributed by atoms with Crippen LogP contribution >= 0.6 is 27.3 Å². The van der Waals surface area contributed by atoms with E-state index in [9.17, 15) is 0 Å². The summed E-state index contributed by atoms with van der Waals surface area (Å²) in [5, 5.41) is 4.13. The molecule has 0 aliphatic heterocycles. The summed E-state index contributed by atoms with van der Waals surface area (Å²) in [6.07, 6.45) is 0. The van der Waals surface area contributed by atoms with Gasteiger partial charge in [0.25, 0.3) is 0 Å². The quantitative estimate of drug-likeness (QED) is 0.751. The van der Waals surface area contributed by atoms with Gasteiger partial charge < -0.3 is 5.73 Å². The lowest BCUT2D eigenvalue weighted by Gasteiger charge is -2.01. The van der Waals surface area contributed by atoms with Crippen molar-refractivity contribution in [2.45, 2.75) is 0 Å². The van der Waals surface area contributed by atoms with Crippen molar-refractivity contribution in [1.82, 2.24) is 14.6 Å². The Morgan fingerprint density at radius 3 is 2.88 bits per heavy atom. The number of nitrogens with zero attached hydrogens (tertiary/aromatic N) is 3. The average molecular weight is 295 g/mol. The predicted molar refractivity (Wildman–Crippen MR) is 68.4 cm³/mol. The smallest absolute Gasteiger partial charge is 0.214 e. The van der Waals surface area contributed by atoms with E-state index in [0.29, 0.717) is 5.82 Å². The molecule has 0 radical (unpaired) electrons. The SMILES string of the molecule is Nc1c(-c2ccccc2Br)nc2scnn12. The molecule has 0 fully saturated rings. The molecule has 0 atom stereocenters. The van der Waals surface area contributed by atoms with Crippen LogP contribution in [-0.2, 0) is 0 Å². The summed E-state index contributed by atoms with van der Waals surface area (Å²) in [6, 6.07) is 7.86. The summed E-state index contributed by atoms with van der Waals surface area (Å²) in [6.45, 7) is 0. The van der Waals surface area contributed by atoms with Gasteiger partial charge in [-0.15, -0.1) is 0 Å².